The highest BCUT2D eigenvalue weighted by Crippen LogP contribution is 2.40. The number of para-hydroxylation sites is 1. The number of aromatic nitrogens is 1. The quantitative estimate of drug-likeness (QED) is 0.489. The molecule has 4 rings (SSSR count). The van der Waals surface area contributed by atoms with Crippen molar-refractivity contribution in [1.29, 1.82) is 0 Å². The fraction of sp³-hybridized carbons (Fsp3) is 0.360. The normalized spacial score (nSPS) is 14.3. The van der Waals surface area contributed by atoms with Gasteiger partial charge >= 0.3 is 0 Å². The van der Waals surface area contributed by atoms with Crippen molar-refractivity contribution < 1.29 is 9.21 Å². The molecule has 31 heavy (non-hydrogen) atoms. The van der Waals surface area contributed by atoms with Gasteiger partial charge in [0.2, 0.25) is 0 Å². The van der Waals surface area contributed by atoms with E-state index in [2.05, 4.69) is 29.7 Å². The van der Waals surface area contributed by atoms with E-state index < -0.39 is 6.04 Å². The van der Waals surface area contributed by atoms with E-state index in [1.54, 1.807) is 17.3 Å². The Morgan fingerprint density at radius 2 is 1.68 bits per heavy atom. The standard InChI is InChI=1S/C19H18N4O2.C4H10.C2H6/c1-13-6-7-15(25-13)12-21-22-18-16-4-2-3-5-17(16)23(19(18)24)14-8-10-20-11-9-14;1-3-4-2;1-2/h2-11,18,21-22H,12H2,1H3;3-4H2,1-2H3;1-2H3. The number of aryl methyl sites for hydroxylation is 1. The summed E-state index contributed by atoms with van der Waals surface area (Å²) in [5.41, 5.74) is 8.85. The molecule has 1 amide bonds. The third kappa shape index (κ3) is 6.26. The van der Waals surface area contributed by atoms with Gasteiger partial charge in [0.15, 0.2) is 0 Å². The Morgan fingerprint density at radius 1 is 1.00 bits per heavy atom. The highest BCUT2D eigenvalue weighted by molar-refractivity contribution is 6.09. The molecule has 6 heteroatoms. The number of nitrogens with zero attached hydrogens (tertiary/aromatic N) is 2. The largest absolute Gasteiger partial charge is 0.465 e. The van der Waals surface area contributed by atoms with Gasteiger partial charge < -0.3 is 4.42 Å². The van der Waals surface area contributed by atoms with E-state index in [4.69, 9.17) is 4.42 Å². The van der Waals surface area contributed by atoms with Gasteiger partial charge in [0, 0.05) is 18.0 Å². The molecular weight excluding hydrogens is 388 g/mol. The van der Waals surface area contributed by atoms with Crippen molar-refractivity contribution in [3.8, 4) is 0 Å². The first-order chi connectivity index (χ1) is 15.2. The van der Waals surface area contributed by atoms with Crippen molar-refractivity contribution in [3.05, 3.63) is 78.0 Å². The summed E-state index contributed by atoms with van der Waals surface area (Å²) >= 11 is 0. The van der Waals surface area contributed by atoms with Crippen LogP contribution in [0.3, 0.4) is 0 Å². The lowest BCUT2D eigenvalue weighted by Gasteiger charge is -2.18. The van der Waals surface area contributed by atoms with Crippen LogP contribution in [-0.2, 0) is 11.3 Å². The molecule has 2 aromatic heterocycles. The molecule has 0 spiro atoms. The first-order valence-electron chi connectivity index (χ1n) is 11.0. The van der Waals surface area contributed by atoms with Crippen LogP contribution < -0.4 is 15.8 Å². The number of rotatable bonds is 6. The number of benzene rings is 1. The maximum Gasteiger partial charge on any atom is 0.254 e. The van der Waals surface area contributed by atoms with Crippen molar-refractivity contribution in [1.82, 2.24) is 15.8 Å². The number of fused-ring (bicyclic) bond motifs is 1. The number of carbonyl (C=O) groups is 1. The fourth-order valence-electron chi connectivity index (χ4n) is 3.04. The second-order valence-corrected chi connectivity index (χ2v) is 6.88. The molecule has 0 bridgehead atoms. The minimum absolute atomic E-state index is 0.0319. The number of nitrogens with one attached hydrogen (secondary N) is 2. The number of furan rings is 1. The number of hydrazine groups is 1. The number of hydrogen-bond acceptors (Lipinski definition) is 5. The highest BCUT2D eigenvalue weighted by Gasteiger charge is 2.37. The van der Waals surface area contributed by atoms with Crippen LogP contribution in [0.4, 0.5) is 11.4 Å². The van der Waals surface area contributed by atoms with Crippen LogP contribution in [0.15, 0.2) is 65.3 Å². The molecular formula is C25H34N4O2. The van der Waals surface area contributed by atoms with Gasteiger partial charge in [-0.25, -0.2) is 10.9 Å². The van der Waals surface area contributed by atoms with Gasteiger partial charge in [0.1, 0.15) is 17.6 Å². The average Bonchev–Trinajstić information content (AvgIpc) is 3.36. The Kier molecular flexibility index (Phi) is 9.94. The van der Waals surface area contributed by atoms with Crippen LogP contribution >= 0.6 is 0 Å². The number of anilines is 2. The molecule has 1 atom stereocenters. The fourth-order valence-corrected chi connectivity index (χ4v) is 3.04. The van der Waals surface area contributed by atoms with Crippen molar-refractivity contribution in [2.24, 2.45) is 0 Å². The smallest absolute Gasteiger partial charge is 0.254 e. The maximum absolute atomic E-state index is 13.0. The van der Waals surface area contributed by atoms with Crippen LogP contribution in [-0.4, -0.2) is 10.9 Å². The lowest BCUT2D eigenvalue weighted by Crippen LogP contribution is -2.40. The van der Waals surface area contributed by atoms with E-state index in [1.807, 2.05) is 69.3 Å². The SMILES string of the molecule is CC.CCCC.Cc1ccc(CNNC2C(=O)N(c3ccncc3)c3ccccc32)o1. The lowest BCUT2D eigenvalue weighted by molar-refractivity contribution is -0.119. The zero-order valence-corrected chi connectivity index (χ0v) is 19.2. The zero-order chi connectivity index (χ0) is 22.6. The van der Waals surface area contributed by atoms with Crippen molar-refractivity contribution in [3.63, 3.8) is 0 Å². The third-order valence-electron chi connectivity index (χ3n) is 4.68. The molecule has 166 valence electrons. The number of amides is 1. The van der Waals surface area contributed by atoms with Gasteiger partial charge in [0.05, 0.1) is 17.9 Å². The minimum atomic E-state index is -0.458. The maximum atomic E-state index is 13.0. The van der Waals surface area contributed by atoms with E-state index in [-0.39, 0.29) is 5.91 Å². The van der Waals surface area contributed by atoms with Crippen molar-refractivity contribution in [2.45, 2.75) is 60.0 Å². The predicted molar refractivity (Wildman–Crippen MR) is 126 cm³/mol. The van der Waals surface area contributed by atoms with E-state index in [9.17, 15) is 4.79 Å². The second kappa shape index (κ2) is 12.7. The summed E-state index contributed by atoms with van der Waals surface area (Å²) in [7, 11) is 0. The van der Waals surface area contributed by atoms with E-state index in [1.165, 1.54) is 12.8 Å². The number of pyridine rings is 1. The Morgan fingerprint density at radius 3 is 2.29 bits per heavy atom. The van der Waals surface area contributed by atoms with Crippen molar-refractivity contribution >= 4 is 17.3 Å². The van der Waals surface area contributed by atoms with Crippen LogP contribution in [0.2, 0.25) is 0 Å². The van der Waals surface area contributed by atoms with Gasteiger partial charge in [0.25, 0.3) is 5.91 Å². The van der Waals surface area contributed by atoms with E-state index >= 15 is 0 Å². The summed E-state index contributed by atoms with van der Waals surface area (Å²) in [6, 6.07) is 14.8. The topological polar surface area (TPSA) is 70.4 Å². The summed E-state index contributed by atoms with van der Waals surface area (Å²) in [5.74, 6) is 1.65. The van der Waals surface area contributed by atoms with Gasteiger partial charge in [-0.1, -0.05) is 58.7 Å². The summed E-state index contributed by atoms with van der Waals surface area (Å²) in [5, 5.41) is 0. The Hall–Kier alpha value is -2.96. The Balaban J connectivity index is 0.000000513. The molecule has 1 unspecified atom stereocenters. The first kappa shape index (κ1) is 24.3. The highest BCUT2D eigenvalue weighted by atomic mass is 16.3. The van der Waals surface area contributed by atoms with Gasteiger partial charge in [-0.2, -0.15) is 0 Å². The summed E-state index contributed by atoms with van der Waals surface area (Å²) < 4.78 is 5.53. The van der Waals surface area contributed by atoms with E-state index in [0.717, 1.165) is 28.5 Å². The molecule has 6 nitrogen and oxygen atoms in total. The van der Waals surface area contributed by atoms with Crippen LogP contribution in [0.25, 0.3) is 0 Å². The van der Waals surface area contributed by atoms with Gasteiger partial charge in [-0.05, 0) is 37.3 Å². The third-order valence-corrected chi connectivity index (χ3v) is 4.68. The van der Waals surface area contributed by atoms with Crippen molar-refractivity contribution in [2.75, 3.05) is 4.90 Å². The first-order valence-corrected chi connectivity index (χ1v) is 11.0. The molecule has 0 saturated heterocycles. The van der Waals surface area contributed by atoms with Gasteiger partial charge in [-0.15, -0.1) is 0 Å². The number of carbonyl (C=O) groups excluding carboxylic acids is 1. The molecule has 0 fully saturated rings. The van der Waals surface area contributed by atoms with Crippen LogP contribution in [0, 0.1) is 6.92 Å². The molecule has 3 aromatic rings. The number of hydrogen-bond donors (Lipinski definition) is 2. The molecule has 2 N–H and O–H groups in total. The van der Waals surface area contributed by atoms with Crippen LogP contribution in [0.1, 0.15) is 63.7 Å². The summed E-state index contributed by atoms with van der Waals surface area (Å²) in [6.07, 6.45) is 6.01. The molecule has 0 aliphatic carbocycles. The zero-order valence-electron chi connectivity index (χ0n) is 19.2. The number of unbranched alkanes of at least 4 members (excludes halogenated alkanes) is 1. The molecule has 3 heterocycles. The van der Waals surface area contributed by atoms with Gasteiger partial charge in [-0.3, -0.25) is 14.7 Å². The molecule has 0 radical (unpaired) electrons. The lowest BCUT2D eigenvalue weighted by atomic mass is 10.1. The molecule has 1 aliphatic heterocycles. The monoisotopic (exact) mass is 422 g/mol. The Labute approximate surface area is 185 Å². The second-order valence-electron chi connectivity index (χ2n) is 6.88. The summed E-state index contributed by atoms with van der Waals surface area (Å²) in [6.45, 7) is 10.8. The molecule has 1 aromatic carbocycles. The Bertz CT molecular complexity index is 922. The van der Waals surface area contributed by atoms with E-state index in [0.29, 0.717) is 6.54 Å². The van der Waals surface area contributed by atoms with Crippen LogP contribution in [0.5, 0.6) is 0 Å². The molecule has 0 saturated carbocycles. The minimum Gasteiger partial charge on any atom is -0.465 e. The summed E-state index contributed by atoms with van der Waals surface area (Å²) in [4.78, 5) is 18.7. The average molecular weight is 423 g/mol. The molecule has 1 aliphatic rings. The predicted octanol–water partition coefficient (Wildman–Crippen LogP) is 5.83.